The molecule has 0 unspecified atom stereocenters. The molecule has 160 valence electrons. The Kier molecular flexibility index (Phi) is 4.79. The lowest BCUT2D eigenvalue weighted by atomic mass is 10.00. The van der Waals surface area contributed by atoms with Crippen LogP contribution in [-0.4, -0.2) is 14.5 Å². The molecule has 2 aromatic heterocycles. The first-order valence-corrected chi connectivity index (χ1v) is 9.14. The van der Waals surface area contributed by atoms with Crippen molar-refractivity contribution in [3.8, 4) is 16.8 Å². The number of aromatic nitrogens is 3. The Hall–Kier alpha value is -3.36. The monoisotopic (exact) mass is 435 g/mol. The van der Waals surface area contributed by atoms with Gasteiger partial charge >= 0.3 is 12.4 Å². The van der Waals surface area contributed by atoms with Crippen molar-refractivity contribution in [1.82, 2.24) is 14.5 Å². The molecule has 0 spiro atoms. The molecule has 2 aromatic carbocycles. The fraction of sp³-hybridized carbons (Fsp3) is 0.182. The Morgan fingerprint density at radius 2 is 1.35 bits per heavy atom. The Morgan fingerprint density at radius 1 is 0.742 bits per heavy atom. The number of nitrogens with zero attached hydrogens (tertiary/aromatic N) is 3. The Balaban J connectivity index is 1.90. The second kappa shape index (κ2) is 7.11. The van der Waals surface area contributed by atoms with E-state index in [0.717, 1.165) is 24.3 Å². The van der Waals surface area contributed by atoms with E-state index in [2.05, 4.69) is 9.97 Å². The van der Waals surface area contributed by atoms with Crippen molar-refractivity contribution in [2.45, 2.75) is 26.2 Å². The largest absolute Gasteiger partial charge is 0.416 e. The fourth-order valence-electron chi connectivity index (χ4n) is 3.51. The van der Waals surface area contributed by atoms with Gasteiger partial charge in [0.05, 0.1) is 11.1 Å². The zero-order valence-electron chi connectivity index (χ0n) is 16.3. The van der Waals surface area contributed by atoms with Gasteiger partial charge in [-0.25, -0.2) is 9.97 Å². The van der Waals surface area contributed by atoms with Crippen molar-refractivity contribution in [3.05, 3.63) is 77.2 Å². The van der Waals surface area contributed by atoms with Gasteiger partial charge in [-0.1, -0.05) is 6.07 Å². The lowest BCUT2D eigenvalue weighted by Crippen LogP contribution is -2.07. The fourth-order valence-corrected chi connectivity index (χ4v) is 3.51. The third kappa shape index (κ3) is 3.99. The summed E-state index contributed by atoms with van der Waals surface area (Å²) >= 11 is 0. The van der Waals surface area contributed by atoms with Gasteiger partial charge in [0.25, 0.3) is 0 Å². The van der Waals surface area contributed by atoms with Crippen LogP contribution in [0, 0.1) is 13.8 Å². The van der Waals surface area contributed by atoms with E-state index in [1.165, 1.54) is 23.2 Å². The first kappa shape index (κ1) is 20.9. The van der Waals surface area contributed by atoms with Gasteiger partial charge < -0.3 is 0 Å². The average Bonchev–Trinajstić information content (AvgIpc) is 3.10. The van der Waals surface area contributed by atoms with Crippen LogP contribution >= 0.6 is 0 Å². The van der Waals surface area contributed by atoms with Crippen LogP contribution in [-0.2, 0) is 12.4 Å². The number of pyridine rings is 1. The number of imidazole rings is 1. The molecule has 0 saturated heterocycles. The van der Waals surface area contributed by atoms with Crippen molar-refractivity contribution in [2.24, 2.45) is 0 Å². The molecule has 4 aromatic rings. The maximum Gasteiger partial charge on any atom is 0.416 e. The van der Waals surface area contributed by atoms with Gasteiger partial charge in [0.15, 0.2) is 5.65 Å². The summed E-state index contributed by atoms with van der Waals surface area (Å²) in [6.45, 7) is 3.10. The minimum Gasteiger partial charge on any atom is -0.283 e. The standard InChI is InChI=1S/C22H15F6N3/c1-12-5-14(9-15(6-12)21(23,24)25)18-3-4-29-20-19(18)30-11-31(20)17-8-13(2)7-16(10-17)22(26,27)28/h3-11H,1-2H3. The molecular formula is C22H15F6N3. The smallest absolute Gasteiger partial charge is 0.283 e. The molecule has 2 heterocycles. The van der Waals surface area contributed by atoms with Crippen LogP contribution in [0.2, 0.25) is 0 Å². The molecule has 3 nitrogen and oxygen atoms in total. The van der Waals surface area contributed by atoms with Gasteiger partial charge in [-0.15, -0.1) is 0 Å². The molecule has 0 bridgehead atoms. The first-order chi connectivity index (χ1) is 14.4. The number of alkyl halides is 6. The molecule has 4 rings (SSSR count). The van der Waals surface area contributed by atoms with Crippen LogP contribution in [0.3, 0.4) is 0 Å². The van der Waals surface area contributed by atoms with E-state index < -0.39 is 23.5 Å². The molecule has 9 heteroatoms. The van der Waals surface area contributed by atoms with Crippen LogP contribution in [0.4, 0.5) is 26.3 Å². The lowest BCUT2D eigenvalue weighted by Gasteiger charge is -2.12. The van der Waals surface area contributed by atoms with E-state index in [-0.39, 0.29) is 16.9 Å². The average molecular weight is 435 g/mol. The van der Waals surface area contributed by atoms with Gasteiger partial charge in [-0.3, -0.25) is 4.57 Å². The molecule has 0 saturated carbocycles. The number of fused-ring (bicyclic) bond motifs is 1. The minimum atomic E-state index is -4.52. The van der Waals surface area contributed by atoms with Crippen LogP contribution in [0.1, 0.15) is 22.3 Å². The maximum absolute atomic E-state index is 13.3. The summed E-state index contributed by atoms with van der Waals surface area (Å²) in [4.78, 5) is 8.47. The molecule has 0 aliphatic heterocycles. The van der Waals surface area contributed by atoms with E-state index in [0.29, 0.717) is 22.3 Å². The summed E-state index contributed by atoms with van der Waals surface area (Å²) in [6.07, 6.45) is -6.32. The van der Waals surface area contributed by atoms with Crippen molar-refractivity contribution in [3.63, 3.8) is 0 Å². The van der Waals surface area contributed by atoms with Crippen molar-refractivity contribution in [1.29, 1.82) is 0 Å². The van der Waals surface area contributed by atoms with Crippen molar-refractivity contribution in [2.75, 3.05) is 0 Å². The summed E-state index contributed by atoms with van der Waals surface area (Å²) in [5.41, 5.74) is 0.655. The van der Waals surface area contributed by atoms with Crippen LogP contribution in [0.25, 0.3) is 28.0 Å². The molecule has 0 radical (unpaired) electrons. The molecular weight excluding hydrogens is 420 g/mol. The molecule has 0 amide bonds. The quantitative estimate of drug-likeness (QED) is 0.327. The zero-order chi connectivity index (χ0) is 22.6. The number of hydrogen-bond acceptors (Lipinski definition) is 2. The third-order valence-electron chi connectivity index (χ3n) is 4.82. The summed E-state index contributed by atoms with van der Waals surface area (Å²) in [7, 11) is 0. The number of rotatable bonds is 2. The van der Waals surface area contributed by atoms with Crippen LogP contribution in [0.15, 0.2) is 55.0 Å². The second-order valence-electron chi connectivity index (χ2n) is 7.29. The molecule has 0 fully saturated rings. The van der Waals surface area contributed by atoms with Gasteiger partial charge in [0.1, 0.15) is 11.8 Å². The van der Waals surface area contributed by atoms with Crippen LogP contribution < -0.4 is 0 Å². The Bertz CT molecular complexity index is 1280. The van der Waals surface area contributed by atoms with Gasteiger partial charge in [0, 0.05) is 17.4 Å². The van der Waals surface area contributed by atoms with Gasteiger partial charge in [-0.2, -0.15) is 26.3 Å². The van der Waals surface area contributed by atoms with E-state index in [1.807, 2.05) is 0 Å². The molecule has 0 atom stereocenters. The first-order valence-electron chi connectivity index (χ1n) is 9.14. The summed E-state index contributed by atoms with van der Waals surface area (Å²) in [5, 5.41) is 0. The van der Waals surface area contributed by atoms with E-state index in [4.69, 9.17) is 0 Å². The normalized spacial score (nSPS) is 12.5. The highest BCUT2D eigenvalue weighted by atomic mass is 19.4. The van der Waals surface area contributed by atoms with E-state index in [9.17, 15) is 26.3 Å². The predicted molar refractivity (Wildman–Crippen MR) is 104 cm³/mol. The summed E-state index contributed by atoms with van der Waals surface area (Å²) in [5.74, 6) is 0. The highest BCUT2D eigenvalue weighted by Gasteiger charge is 2.32. The number of aryl methyl sites for hydroxylation is 2. The lowest BCUT2D eigenvalue weighted by molar-refractivity contribution is -0.138. The van der Waals surface area contributed by atoms with Gasteiger partial charge in [0.2, 0.25) is 0 Å². The van der Waals surface area contributed by atoms with Crippen molar-refractivity contribution >= 4 is 11.2 Å². The molecule has 0 N–H and O–H groups in total. The van der Waals surface area contributed by atoms with Crippen molar-refractivity contribution < 1.29 is 26.3 Å². The number of halogens is 6. The Morgan fingerprint density at radius 3 is 2.00 bits per heavy atom. The Labute approximate surface area is 173 Å². The highest BCUT2D eigenvalue weighted by Crippen LogP contribution is 2.36. The molecule has 0 aliphatic carbocycles. The maximum atomic E-state index is 13.3. The van der Waals surface area contributed by atoms with Crippen LogP contribution in [0.5, 0.6) is 0 Å². The highest BCUT2D eigenvalue weighted by molar-refractivity contribution is 5.90. The summed E-state index contributed by atoms with van der Waals surface area (Å²) in [6, 6.07) is 8.77. The van der Waals surface area contributed by atoms with Gasteiger partial charge in [-0.05, 0) is 66.9 Å². The van der Waals surface area contributed by atoms with E-state index >= 15 is 0 Å². The number of hydrogen-bond donors (Lipinski definition) is 0. The molecule has 0 aliphatic rings. The number of benzene rings is 2. The SMILES string of the molecule is Cc1cc(-c2ccnc3c2ncn3-c2cc(C)cc(C(F)(F)F)c2)cc(C(F)(F)F)c1. The second-order valence-corrected chi connectivity index (χ2v) is 7.29. The van der Waals surface area contributed by atoms with E-state index in [1.54, 1.807) is 26.0 Å². The topological polar surface area (TPSA) is 30.7 Å². The third-order valence-corrected chi connectivity index (χ3v) is 4.82. The minimum absolute atomic E-state index is 0.208. The predicted octanol–water partition coefficient (Wildman–Crippen LogP) is 6.74. The zero-order valence-corrected chi connectivity index (χ0v) is 16.3. The molecule has 31 heavy (non-hydrogen) atoms. The summed E-state index contributed by atoms with van der Waals surface area (Å²) < 4.78 is 80.8.